The Morgan fingerprint density at radius 2 is 2.33 bits per heavy atom. The fraction of sp³-hybridized carbons (Fsp3) is 0.231. The molecule has 5 heteroatoms. The number of hydrogen-bond donors (Lipinski definition) is 0. The van der Waals surface area contributed by atoms with Crippen molar-refractivity contribution in [3.8, 4) is 5.75 Å². The van der Waals surface area contributed by atoms with Crippen LogP contribution in [0.1, 0.15) is 28.4 Å². The predicted molar refractivity (Wildman–Crippen MR) is 69.7 cm³/mol. The molecule has 1 unspecified atom stereocenters. The largest absolute Gasteiger partial charge is 0.484 e. The molecule has 0 bridgehead atoms. The Bertz CT molecular complexity index is 621. The zero-order chi connectivity index (χ0) is 12.7. The maximum Gasteiger partial charge on any atom is 0.170 e. The Labute approximate surface area is 113 Å². The third-order valence-corrected chi connectivity index (χ3v) is 3.47. The summed E-state index contributed by atoms with van der Waals surface area (Å²) in [7, 11) is 1.85. The highest BCUT2D eigenvalue weighted by Crippen LogP contribution is 2.35. The summed E-state index contributed by atoms with van der Waals surface area (Å²) in [6.45, 7) is 0. The molecule has 4 nitrogen and oxygen atoms in total. The van der Waals surface area contributed by atoms with E-state index in [1.54, 1.807) is 16.9 Å². The molecule has 0 spiro atoms. The smallest absolute Gasteiger partial charge is 0.170 e. The molecule has 2 heterocycles. The summed E-state index contributed by atoms with van der Waals surface area (Å²) < 4.78 is 8.46. The van der Waals surface area contributed by atoms with E-state index in [0.29, 0.717) is 17.7 Å². The number of aromatic nitrogens is 2. The number of nitrogens with zero attached hydrogens (tertiary/aromatic N) is 2. The summed E-state index contributed by atoms with van der Waals surface area (Å²) in [5.41, 5.74) is 1.57. The van der Waals surface area contributed by atoms with Crippen LogP contribution in [-0.4, -0.2) is 15.6 Å². The molecule has 3 rings (SSSR count). The molecule has 0 saturated carbocycles. The topological polar surface area (TPSA) is 44.1 Å². The molecular formula is C13H11BrN2O2. The number of halogens is 1. The summed E-state index contributed by atoms with van der Waals surface area (Å²) in [5, 5.41) is 4.10. The van der Waals surface area contributed by atoms with Gasteiger partial charge in [0.25, 0.3) is 0 Å². The first kappa shape index (κ1) is 11.5. The van der Waals surface area contributed by atoms with Gasteiger partial charge in [0.2, 0.25) is 0 Å². The average molecular weight is 307 g/mol. The Kier molecular flexibility index (Phi) is 2.70. The van der Waals surface area contributed by atoms with Gasteiger partial charge >= 0.3 is 0 Å². The van der Waals surface area contributed by atoms with Gasteiger partial charge in [-0.3, -0.25) is 9.48 Å². The summed E-state index contributed by atoms with van der Waals surface area (Å²) in [6, 6.07) is 5.49. The van der Waals surface area contributed by atoms with Gasteiger partial charge in [-0.25, -0.2) is 0 Å². The maximum atomic E-state index is 12.1. The summed E-state index contributed by atoms with van der Waals surface area (Å²) in [5.74, 6) is 0.745. The lowest BCUT2D eigenvalue weighted by molar-refractivity contribution is 0.0850. The number of benzene rings is 1. The molecule has 1 aliphatic heterocycles. The molecule has 0 fully saturated rings. The highest BCUT2D eigenvalue weighted by atomic mass is 79.9. The van der Waals surface area contributed by atoms with Crippen molar-refractivity contribution in [1.29, 1.82) is 0 Å². The van der Waals surface area contributed by atoms with Crippen LogP contribution in [0.3, 0.4) is 0 Å². The first-order valence-electron chi connectivity index (χ1n) is 5.61. The SMILES string of the molecule is Cn1cc(C2CC(=O)c3cc(Br)ccc3O2)cn1. The van der Waals surface area contributed by atoms with Crippen molar-refractivity contribution in [3.05, 3.63) is 46.2 Å². The molecule has 0 N–H and O–H groups in total. The first-order valence-corrected chi connectivity index (χ1v) is 6.41. The fourth-order valence-electron chi connectivity index (χ4n) is 2.09. The predicted octanol–water partition coefficient (Wildman–Crippen LogP) is 2.89. The maximum absolute atomic E-state index is 12.1. The van der Waals surface area contributed by atoms with Gasteiger partial charge in [0.05, 0.1) is 18.2 Å². The van der Waals surface area contributed by atoms with Gasteiger partial charge in [-0.1, -0.05) is 15.9 Å². The molecule has 0 saturated heterocycles. The number of rotatable bonds is 1. The van der Waals surface area contributed by atoms with Crippen LogP contribution in [0.25, 0.3) is 0 Å². The van der Waals surface area contributed by atoms with Crippen LogP contribution >= 0.6 is 15.9 Å². The molecule has 1 atom stereocenters. The number of carbonyl (C=O) groups excluding carboxylic acids is 1. The highest BCUT2D eigenvalue weighted by Gasteiger charge is 2.28. The second-order valence-electron chi connectivity index (χ2n) is 4.32. The lowest BCUT2D eigenvalue weighted by Crippen LogP contribution is -2.20. The van der Waals surface area contributed by atoms with E-state index in [4.69, 9.17) is 4.74 Å². The monoisotopic (exact) mass is 306 g/mol. The number of Topliss-reactive ketones (excluding diaryl/α,β-unsaturated/α-hetero) is 1. The number of aryl methyl sites for hydroxylation is 1. The molecule has 0 aliphatic carbocycles. The lowest BCUT2D eigenvalue weighted by atomic mass is 9.98. The number of fused-ring (bicyclic) bond motifs is 1. The molecule has 0 radical (unpaired) electrons. The number of carbonyl (C=O) groups is 1. The summed E-state index contributed by atoms with van der Waals surface area (Å²) in [6.07, 6.45) is 3.73. The lowest BCUT2D eigenvalue weighted by Gasteiger charge is -2.24. The van der Waals surface area contributed by atoms with E-state index in [-0.39, 0.29) is 11.9 Å². The van der Waals surface area contributed by atoms with Crippen molar-refractivity contribution >= 4 is 21.7 Å². The molecule has 92 valence electrons. The fourth-order valence-corrected chi connectivity index (χ4v) is 2.45. The van der Waals surface area contributed by atoms with Crippen molar-refractivity contribution in [2.24, 2.45) is 7.05 Å². The third-order valence-electron chi connectivity index (χ3n) is 2.98. The normalized spacial score (nSPS) is 18.3. The Balaban J connectivity index is 1.96. The van der Waals surface area contributed by atoms with E-state index in [1.807, 2.05) is 25.4 Å². The van der Waals surface area contributed by atoms with Crippen molar-refractivity contribution in [2.75, 3.05) is 0 Å². The summed E-state index contributed by atoms with van der Waals surface area (Å²) >= 11 is 3.36. The zero-order valence-corrected chi connectivity index (χ0v) is 11.3. The van der Waals surface area contributed by atoms with Gasteiger partial charge in [-0.15, -0.1) is 0 Å². The zero-order valence-electron chi connectivity index (χ0n) is 9.76. The summed E-state index contributed by atoms with van der Waals surface area (Å²) in [4.78, 5) is 12.1. The second kappa shape index (κ2) is 4.24. The van der Waals surface area contributed by atoms with Crippen LogP contribution in [0, 0.1) is 0 Å². The van der Waals surface area contributed by atoms with Crippen molar-refractivity contribution in [3.63, 3.8) is 0 Å². The van der Waals surface area contributed by atoms with Crippen molar-refractivity contribution in [1.82, 2.24) is 9.78 Å². The van der Waals surface area contributed by atoms with Crippen LogP contribution < -0.4 is 4.74 Å². The van der Waals surface area contributed by atoms with Gasteiger partial charge in [-0.05, 0) is 18.2 Å². The average Bonchev–Trinajstić information content (AvgIpc) is 2.77. The quantitative estimate of drug-likeness (QED) is 0.813. The Hall–Kier alpha value is -1.62. The Morgan fingerprint density at radius 1 is 1.50 bits per heavy atom. The van der Waals surface area contributed by atoms with Crippen molar-refractivity contribution < 1.29 is 9.53 Å². The van der Waals surface area contributed by atoms with Gasteiger partial charge < -0.3 is 4.74 Å². The molecule has 1 aliphatic rings. The molecular weight excluding hydrogens is 296 g/mol. The number of hydrogen-bond acceptors (Lipinski definition) is 3. The van der Waals surface area contributed by atoms with E-state index in [9.17, 15) is 4.79 Å². The molecule has 1 aromatic carbocycles. The van der Waals surface area contributed by atoms with Crippen LogP contribution in [0.2, 0.25) is 0 Å². The van der Waals surface area contributed by atoms with E-state index in [0.717, 1.165) is 10.0 Å². The van der Waals surface area contributed by atoms with E-state index >= 15 is 0 Å². The molecule has 1 aromatic heterocycles. The van der Waals surface area contributed by atoms with Crippen LogP contribution in [0.5, 0.6) is 5.75 Å². The first-order chi connectivity index (χ1) is 8.63. The Morgan fingerprint density at radius 3 is 3.06 bits per heavy atom. The minimum Gasteiger partial charge on any atom is -0.484 e. The molecule has 18 heavy (non-hydrogen) atoms. The molecule has 2 aromatic rings. The number of ketones is 1. The molecule has 0 amide bonds. The standard InChI is InChI=1S/C13H11BrN2O2/c1-16-7-8(6-15-16)13-5-11(17)10-4-9(14)2-3-12(10)18-13/h2-4,6-7,13H,5H2,1H3. The van der Waals surface area contributed by atoms with E-state index in [1.165, 1.54) is 0 Å². The van der Waals surface area contributed by atoms with Crippen molar-refractivity contribution in [2.45, 2.75) is 12.5 Å². The minimum absolute atomic E-state index is 0.103. The minimum atomic E-state index is -0.236. The van der Waals surface area contributed by atoms with Gasteiger partial charge in [0.1, 0.15) is 11.9 Å². The third kappa shape index (κ3) is 1.95. The van der Waals surface area contributed by atoms with Gasteiger partial charge in [-0.2, -0.15) is 5.10 Å². The van der Waals surface area contributed by atoms with E-state index in [2.05, 4.69) is 21.0 Å². The number of ether oxygens (including phenoxy) is 1. The van der Waals surface area contributed by atoms with Crippen LogP contribution in [-0.2, 0) is 7.05 Å². The second-order valence-corrected chi connectivity index (χ2v) is 5.24. The van der Waals surface area contributed by atoms with Gasteiger partial charge in [0.15, 0.2) is 5.78 Å². The van der Waals surface area contributed by atoms with Crippen LogP contribution in [0.15, 0.2) is 35.1 Å². The van der Waals surface area contributed by atoms with E-state index < -0.39 is 0 Å². The van der Waals surface area contributed by atoms with Gasteiger partial charge in [0, 0.05) is 23.3 Å². The van der Waals surface area contributed by atoms with Crippen LogP contribution in [0.4, 0.5) is 0 Å². The highest BCUT2D eigenvalue weighted by molar-refractivity contribution is 9.10.